The maximum atomic E-state index is 10.2. The highest BCUT2D eigenvalue weighted by Gasteiger charge is 2.14. The first-order valence-corrected chi connectivity index (χ1v) is 9.71. The SMILES string of the molecule is C[C@H]([NH3+])C(=O)[O-].C[C@H]([NH3+])C(=O)[O-].O.O=C(O)[C@H](O)c1ccccc1.O=C(O)[C@H](O)c1ccccc1. The highest BCUT2D eigenvalue weighted by molar-refractivity contribution is 5.74. The number of carbonyl (C=O) groups excluding carboxylic acids is 2. The molecule has 0 spiro atoms. The van der Waals surface area contributed by atoms with Crippen LogP contribution in [0.15, 0.2) is 60.7 Å². The normalized spacial score (nSPS) is 12.5. The molecular weight excluding hydrogens is 468 g/mol. The predicted molar refractivity (Wildman–Crippen MR) is 116 cm³/mol. The van der Waals surface area contributed by atoms with Gasteiger partial charge in [-0.15, -0.1) is 0 Å². The zero-order chi connectivity index (χ0) is 26.8. The van der Waals surface area contributed by atoms with Crippen LogP contribution in [0.4, 0.5) is 0 Å². The lowest BCUT2D eigenvalue weighted by Crippen LogP contribution is -2.66. The number of hydrogen-bond donors (Lipinski definition) is 6. The number of carboxylic acid groups (broad SMARTS) is 4. The van der Waals surface area contributed by atoms with Crippen molar-refractivity contribution in [2.24, 2.45) is 0 Å². The van der Waals surface area contributed by atoms with Crippen LogP contribution in [-0.2, 0) is 19.2 Å². The molecule has 0 aliphatic rings. The molecule has 0 fully saturated rings. The summed E-state index contributed by atoms with van der Waals surface area (Å²) >= 11 is 0. The van der Waals surface area contributed by atoms with Crippen LogP contribution in [0.1, 0.15) is 37.2 Å². The number of aliphatic hydroxyl groups is 2. The van der Waals surface area contributed by atoms with Gasteiger partial charge in [0.25, 0.3) is 0 Å². The van der Waals surface area contributed by atoms with E-state index in [9.17, 15) is 29.4 Å². The van der Waals surface area contributed by atoms with Gasteiger partial charge in [-0.1, -0.05) is 60.7 Å². The molecule has 0 unspecified atom stereocenters. The van der Waals surface area contributed by atoms with E-state index in [2.05, 4.69) is 11.5 Å². The Kier molecular flexibility index (Phi) is 20.0. The molecular formula is C22H32N2O11. The quantitative estimate of drug-likeness (QED) is 0.221. The van der Waals surface area contributed by atoms with E-state index < -0.39 is 48.2 Å². The lowest BCUT2D eigenvalue weighted by atomic mass is 10.1. The van der Waals surface area contributed by atoms with Gasteiger partial charge in [-0.3, -0.25) is 0 Å². The maximum Gasteiger partial charge on any atom is 0.337 e. The fraction of sp³-hybridized carbons (Fsp3) is 0.273. The minimum absolute atomic E-state index is 0. The Hall–Kier alpha value is -3.88. The summed E-state index contributed by atoms with van der Waals surface area (Å²) in [6.45, 7) is 2.94. The smallest absolute Gasteiger partial charge is 0.337 e. The number of benzene rings is 2. The number of aliphatic hydroxyl groups excluding tert-OH is 2. The second-order valence-corrected chi connectivity index (χ2v) is 6.74. The van der Waals surface area contributed by atoms with E-state index in [1.54, 1.807) is 60.7 Å². The van der Waals surface area contributed by atoms with Gasteiger partial charge in [0, 0.05) is 0 Å². The van der Waals surface area contributed by atoms with Gasteiger partial charge in [0.1, 0.15) is 12.1 Å². The summed E-state index contributed by atoms with van der Waals surface area (Å²) in [5.41, 5.74) is 7.16. The first-order chi connectivity index (χ1) is 15.7. The molecule has 0 saturated carbocycles. The first kappa shape index (κ1) is 35.7. The van der Waals surface area contributed by atoms with Crippen molar-refractivity contribution < 1.29 is 66.8 Å². The molecule has 4 atom stereocenters. The molecule has 2 rings (SSSR count). The number of aliphatic carboxylic acids is 4. The molecule has 0 aliphatic carbocycles. The Labute approximate surface area is 201 Å². The van der Waals surface area contributed by atoms with Crippen molar-refractivity contribution in [2.45, 2.75) is 38.1 Å². The number of hydrogen-bond acceptors (Lipinski definition) is 8. The molecule has 12 N–H and O–H groups in total. The van der Waals surface area contributed by atoms with Crippen LogP contribution in [0.5, 0.6) is 0 Å². The number of rotatable bonds is 6. The van der Waals surface area contributed by atoms with Gasteiger partial charge in [0.05, 0.1) is 11.9 Å². The van der Waals surface area contributed by atoms with Crippen LogP contribution >= 0.6 is 0 Å². The fourth-order valence-electron chi connectivity index (χ4n) is 1.56. The van der Waals surface area contributed by atoms with Crippen LogP contribution < -0.4 is 21.7 Å². The minimum atomic E-state index is -1.41. The molecule has 0 heterocycles. The standard InChI is InChI=1S/2C8H8O3.2C3H7NO2.H2O/c2*9-7(8(10)11)6-4-2-1-3-5-6;2*1-2(4)3(5)6;/h2*1-5,7,9H,(H,10,11);2*2H,4H2,1H3,(H,5,6);1H2/t2*7-;2*2-;/m1100./s1. The third kappa shape index (κ3) is 18.3. The summed E-state index contributed by atoms with van der Waals surface area (Å²) in [6, 6.07) is 15.3. The van der Waals surface area contributed by atoms with Crippen LogP contribution in [0.2, 0.25) is 0 Å². The second-order valence-electron chi connectivity index (χ2n) is 6.74. The average molecular weight is 501 g/mol. The summed E-state index contributed by atoms with van der Waals surface area (Å²) in [5, 5.41) is 53.8. The highest BCUT2D eigenvalue weighted by atomic mass is 16.4. The largest absolute Gasteiger partial charge is 0.544 e. The highest BCUT2D eigenvalue weighted by Crippen LogP contribution is 2.11. The Morgan fingerprint density at radius 2 is 0.857 bits per heavy atom. The lowest BCUT2D eigenvalue weighted by molar-refractivity contribution is -0.432. The molecule has 0 aliphatic heterocycles. The molecule has 0 saturated heterocycles. The maximum absolute atomic E-state index is 10.2. The van der Waals surface area contributed by atoms with Crippen molar-refractivity contribution >= 4 is 23.9 Å². The number of carbonyl (C=O) groups is 4. The van der Waals surface area contributed by atoms with E-state index >= 15 is 0 Å². The molecule has 196 valence electrons. The molecule has 2 aromatic carbocycles. The Bertz CT molecular complexity index is 802. The van der Waals surface area contributed by atoms with Crippen LogP contribution in [0.3, 0.4) is 0 Å². The van der Waals surface area contributed by atoms with Crippen LogP contribution in [0.25, 0.3) is 0 Å². The van der Waals surface area contributed by atoms with Gasteiger partial charge in [0.2, 0.25) is 0 Å². The predicted octanol–water partition coefficient (Wildman–Crippen LogP) is -4.48. The van der Waals surface area contributed by atoms with Crippen molar-refractivity contribution in [1.82, 2.24) is 0 Å². The third-order valence-electron chi connectivity index (χ3n) is 3.50. The minimum Gasteiger partial charge on any atom is -0.544 e. The Balaban J connectivity index is -0.000000404. The molecule has 13 heteroatoms. The molecule has 2 aromatic rings. The van der Waals surface area contributed by atoms with E-state index in [1.165, 1.54) is 13.8 Å². The van der Waals surface area contributed by atoms with Crippen LogP contribution in [0, 0.1) is 0 Å². The van der Waals surface area contributed by atoms with Gasteiger partial charge >= 0.3 is 11.9 Å². The van der Waals surface area contributed by atoms with Crippen molar-refractivity contribution in [3.8, 4) is 0 Å². The molecule has 0 aromatic heterocycles. The van der Waals surface area contributed by atoms with Crippen molar-refractivity contribution in [3.63, 3.8) is 0 Å². The van der Waals surface area contributed by atoms with Crippen LogP contribution in [-0.4, -0.2) is 61.9 Å². The summed E-state index contributed by atoms with van der Waals surface area (Å²) in [7, 11) is 0. The van der Waals surface area contributed by atoms with E-state index in [1.807, 2.05) is 0 Å². The summed E-state index contributed by atoms with van der Waals surface area (Å²) in [6.07, 6.45) is -2.81. The Morgan fingerprint density at radius 3 is 1.00 bits per heavy atom. The topological polar surface area (TPSA) is 282 Å². The van der Waals surface area contributed by atoms with Crippen molar-refractivity contribution in [2.75, 3.05) is 0 Å². The molecule has 13 nitrogen and oxygen atoms in total. The summed E-state index contributed by atoms with van der Waals surface area (Å²) in [4.78, 5) is 39.6. The first-order valence-electron chi connectivity index (χ1n) is 9.71. The van der Waals surface area contributed by atoms with Crippen molar-refractivity contribution in [1.29, 1.82) is 0 Å². The van der Waals surface area contributed by atoms with Gasteiger partial charge < -0.3 is 57.2 Å². The van der Waals surface area contributed by atoms with E-state index in [4.69, 9.17) is 20.4 Å². The fourth-order valence-corrected chi connectivity index (χ4v) is 1.56. The summed E-state index contributed by atoms with van der Waals surface area (Å²) in [5.74, 6) is -4.66. The number of quaternary nitrogens is 2. The summed E-state index contributed by atoms with van der Waals surface area (Å²) < 4.78 is 0. The third-order valence-corrected chi connectivity index (χ3v) is 3.50. The monoisotopic (exact) mass is 500 g/mol. The van der Waals surface area contributed by atoms with Crippen molar-refractivity contribution in [3.05, 3.63) is 71.8 Å². The zero-order valence-electron chi connectivity index (χ0n) is 19.2. The van der Waals surface area contributed by atoms with E-state index in [0.717, 1.165) is 0 Å². The average Bonchev–Trinajstić information content (AvgIpc) is 2.80. The van der Waals surface area contributed by atoms with E-state index in [0.29, 0.717) is 11.1 Å². The number of carboxylic acids is 4. The molecule has 0 radical (unpaired) electrons. The zero-order valence-corrected chi connectivity index (χ0v) is 19.2. The second kappa shape index (κ2) is 19.6. The lowest BCUT2D eigenvalue weighted by Gasteiger charge is -2.03. The van der Waals surface area contributed by atoms with Gasteiger partial charge in [-0.05, 0) is 25.0 Å². The molecule has 0 bridgehead atoms. The Morgan fingerprint density at radius 1 is 0.657 bits per heavy atom. The molecule has 0 amide bonds. The van der Waals surface area contributed by atoms with Gasteiger partial charge in [-0.25, -0.2) is 9.59 Å². The van der Waals surface area contributed by atoms with E-state index in [-0.39, 0.29) is 5.48 Å². The van der Waals surface area contributed by atoms with Gasteiger partial charge in [-0.2, -0.15) is 0 Å². The molecule has 35 heavy (non-hydrogen) atoms. The van der Waals surface area contributed by atoms with Gasteiger partial charge in [0.15, 0.2) is 12.2 Å².